The summed E-state index contributed by atoms with van der Waals surface area (Å²) in [6, 6.07) is 7.27. The van der Waals surface area contributed by atoms with Crippen molar-refractivity contribution in [2.24, 2.45) is 5.92 Å². The van der Waals surface area contributed by atoms with Crippen LogP contribution in [0, 0.1) is 5.92 Å². The summed E-state index contributed by atoms with van der Waals surface area (Å²) in [5.41, 5.74) is 1.31. The molecule has 3 rings (SSSR count). The van der Waals surface area contributed by atoms with E-state index in [1.165, 1.54) is 30.3 Å². The number of amides is 1. The highest BCUT2D eigenvalue weighted by atomic mass is 16.4. The fraction of sp³-hybridized carbons (Fsp3) is 0.529. The predicted molar refractivity (Wildman–Crippen MR) is 84.7 cm³/mol. The molecule has 5 heteroatoms. The van der Waals surface area contributed by atoms with Crippen LogP contribution in [0.2, 0.25) is 0 Å². The van der Waals surface area contributed by atoms with Crippen molar-refractivity contribution in [1.29, 1.82) is 0 Å². The molecule has 0 aliphatic heterocycles. The van der Waals surface area contributed by atoms with Crippen LogP contribution in [0.25, 0.3) is 11.1 Å². The molecule has 1 saturated carbocycles. The Morgan fingerprint density at radius 3 is 2.86 bits per heavy atom. The minimum Gasteiger partial charge on any atom is -0.408 e. The van der Waals surface area contributed by atoms with E-state index in [0.717, 1.165) is 24.4 Å². The number of carbonyl (C=O) groups excluding carboxylic acids is 1. The molecule has 0 saturated heterocycles. The Kier molecular flexibility index (Phi) is 4.61. The van der Waals surface area contributed by atoms with Crippen molar-refractivity contribution in [3.63, 3.8) is 0 Å². The summed E-state index contributed by atoms with van der Waals surface area (Å²) >= 11 is 0. The second-order valence-electron chi connectivity index (χ2n) is 6.03. The fourth-order valence-corrected chi connectivity index (χ4v) is 3.24. The number of rotatable bonds is 6. The van der Waals surface area contributed by atoms with Gasteiger partial charge in [0.1, 0.15) is 0 Å². The molecular weight excluding hydrogens is 280 g/mol. The average molecular weight is 302 g/mol. The zero-order chi connectivity index (χ0) is 15.4. The number of nitrogens with zero attached hydrogens (tertiary/aromatic N) is 1. The van der Waals surface area contributed by atoms with E-state index >= 15 is 0 Å². The van der Waals surface area contributed by atoms with E-state index in [2.05, 4.69) is 5.32 Å². The topological polar surface area (TPSA) is 64.2 Å². The number of carbonyl (C=O) groups is 1. The number of fused-ring (bicyclic) bond motifs is 1. The Hall–Kier alpha value is -2.04. The molecule has 1 N–H and O–H groups in total. The van der Waals surface area contributed by atoms with Crippen molar-refractivity contribution in [1.82, 2.24) is 9.88 Å². The molecule has 1 aromatic carbocycles. The standard InChI is InChI=1S/C17H22N2O3/c20-16(18-11-9-13-5-1-2-6-13)10-12-19-14-7-3-4-8-15(14)22-17(19)21/h3-4,7-8,13H,1-2,5-6,9-12H2,(H,18,20). The number of hydrogen-bond acceptors (Lipinski definition) is 3. The van der Waals surface area contributed by atoms with E-state index in [-0.39, 0.29) is 5.91 Å². The average Bonchev–Trinajstić information content (AvgIpc) is 3.12. The van der Waals surface area contributed by atoms with E-state index < -0.39 is 5.76 Å². The maximum absolute atomic E-state index is 11.9. The third-order valence-electron chi connectivity index (χ3n) is 4.49. The predicted octanol–water partition coefficient (Wildman–Crippen LogP) is 2.68. The van der Waals surface area contributed by atoms with Gasteiger partial charge in [-0.3, -0.25) is 9.36 Å². The van der Waals surface area contributed by atoms with Crippen molar-refractivity contribution in [2.75, 3.05) is 6.54 Å². The third-order valence-corrected chi connectivity index (χ3v) is 4.49. The van der Waals surface area contributed by atoms with Crippen molar-refractivity contribution in [3.05, 3.63) is 34.8 Å². The number of para-hydroxylation sites is 2. The summed E-state index contributed by atoms with van der Waals surface area (Å²) in [6.45, 7) is 1.09. The highest BCUT2D eigenvalue weighted by Gasteiger charge is 2.15. The Morgan fingerprint density at radius 2 is 2.05 bits per heavy atom. The van der Waals surface area contributed by atoms with E-state index in [1.54, 1.807) is 6.07 Å². The van der Waals surface area contributed by atoms with Crippen LogP contribution in [0.1, 0.15) is 38.5 Å². The summed E-state index contributed by atoms with van der Waals surface area (Å²) in [5, 5.41) is 2.95. The maximum atomic E-state index is 11.9. The van der Waals surface area contributed by atoms with Gasteiger partial charge in [0.2, 0.25) is 5.91 Å². The molecule has 1 aliphatic carbocycles. The highest BCUT2D eigenvalue weighted by Crippen LogP contribution is 2.26. The molecule has 22 heavy (non-hydrogen) atoms. The molecule has 1 fully saturated rings. The Balaban J connectivity index is 1.49. The van der Waals surface area contributed by atoms with Crippen LogP contribution in [-0.4, -0.2) is 17.0 Å². The van der Waals surface area contributed by atoms with E-state index in [9.17, 15) is 9.59 Å². The normalized spacial score (nSPS) is 15.5. The molecule has 0 atom stereocenters. The van der Waals surface area contributed by atoms with Gasteiger partial charge in [-0.1, -0.05) is 37.8 Å². The van der Waals surface area contributed by atoms with E-state index in [1.807, 2.05) is 18.2 Å². The van der Waals surface area contributed by atoms with Gasteiger partial charge < -0.3 is 9.73 Å². The van der Waals surface area contributed by atoms with Crippen molar-refractivity contribution < 1.29 is 9.21 Å². The van der Waals surface area contributed by atoms with Gasteiger partial charge in [-0.25, -0.2) is 4.79 Å². The summed E-state index contributed by atoms with van der Waals surface area (Å²) in [6.07, 6.45) is 6.62. The van der Waals surface area contributed by atoms with Crippen molar-refractivity contribution in [3.8, 4) is 0 Å². The maximum Gasteiger partial charge on any atom is 0.419 e. The first-order valence-corrected chi connectivity index (χ1v) is 8.09. The summed E-state index contributed by atoms with van der Waals surface area (Å²) in [7, 11) is 0. The van der Waals surface area contributed by atoms with E-state index in [4.69, 9.17) is 4.42 Å². The van der Waals surface area contributed by atoms with Gasteiger partial charge in [0, 0.05) is 19.5 Å². The van der Waals surface area contributed by atoms with Crippen LogP contribution in [-0.2, 0) is 11.3 Å². The molecule has 0 bridgehead atoms. The first kappa shape index (κ1) is 14.9. The van der Waals surface area contributed by atoms with Crippen molar-refractivity contribution >= 4 is 17.0 Å². The molecule has 5 nitrogen and oxygen atoms in total. The number of nitrogens with one attached hydrogen (secondary N) is 1. The largest absolute Gasteiger partial charge is 0.419 e. The van der Waals surface area contributed by atoms with Crippen LogP contribution >= 0.6 is 0 Å². The van der Waals surface area contributed by atoms with Gasteiger partial charge in [-0.2, -0.15) is 0 Å². The van der Waals surface area contributed by atoms with Gasteiger partial charge in [-0.05, 0) is 24.5 Å². The lowest BCUT2D eigenvalue weighted by Gasteiger charge is -2.09. The van der Waals surface area contributed by atoms with Crippen LogP contribution in [0.5, 0.6) is 0 Å². The molecule has 1 aliphatic rings. The molecule has 0 unspecified atom stereocenters. The highest BCUT2D eigenvalue weighted by molar-refractivity contribution is 5.76. The van der Waals surface area contributed by atoms with Crippen LogP contribution in [0.15, 0.2) is 33.5 Å². The number of oxazole rings is 1. The number of benzene rings is 1. The van der Waals surface area contributed by atoms with Crippen LogP contribution in [0.4, 0.5) is 0 Å². The molecule has 1 aromatic heterocycles. The lowest BCUT2D eigenvalue weighted by molar-refractivity contribution is -0.121. The minimum atomic E-state index is -0.403. The molecule has 1 amide bonds. The second kappa shape index (κ2) is 6.81. The summed E-state index contributed by atoms with van der Waals surface area (Å²) in [4.78, 5) is 23.7. The quantitative estimate of drug-likeness (QED) is 0.892. The van der Waals surface area contributed by atoms with Crippen LogP contribution < -0.4 is 11.1 Å². The Morgan fingerprint density at radius 1 is 1.27 bits per heavy atom. The van der Waals surface area contributed by atoms with E-state index in [0.29, 0.717) is 18.5 Å². The van der Waals surface area contributed by atoms with Gasteiger partial charge in [0.25, 0.3) is 0 Å². The van der Waals surface area contributed by atoms with Crippen LogP contribution in [0.3, 0.4) is 0 Å². The summed E-state index contributed by atoms with van der Waals surface area (Å²) < 4.78 is 6.68. The Labute approximate surface area is 129 Å². The molecule has 0 radical (unpaired) electrons. The molecule has 1 heterocycles. The number of aromatic nitrogens is 1. The van der Waals surface area contributed by atoms with Gasteiger partial charge in [0.15, 0.2) is 5.58 Å². The SMILES string of the molecule is O=C(CCn1c(=O)oc2ccccc21)NCCC1CCCC1. The lowest BCUT2D eigenvalue weighted by atomic mass is 10.0. The minimum absolute atomic E-state index is 0.00446. The van der Waals surface area contributed by atoms with Gasteiger partial charge >= 0.3 is 5.76 Å². The number of hydrogen-bond donors (Lipinski definition) is 1. The van der Waals surface area contributed by atoms with Crippen molar-refractivity contribution in [2.45, 2.75) is 45.1 Å². The summed E-state index contributed by atoms with van der Waals surface area (Å²) in [5.74, 6) is 0.371. The first-order valence-electron chi connectivity index (χ1n) is 8.09. The molecule has 118 valence electrons. The van der Waals surface area contributed by atoms with Gasteiger partial charge in [-0.15, -0.1) is 0 Å². The molecular formula is C17H22N2O3. The van der Waals surface area contributed by atoms with Gasteiger partial charge in [0.05, 0.1) is 5.52 Å². The second-order valence-corrected chi connectivity index (χ2v) is 6.03. The smallest absolute Gasteiger partial charge is 0.408 e. The molecule has 0 spiro atoms. The molecule has 2 aromatic rings. The first-order chi connectivity index (χ1) is 10.7. The fourth-order valence-electron chi connectivity index (χ4n) is 3.24. The zero-order valence-corrected chi connectivity index (χ0v) is 12.7. The number of aryl methyl sites for hydroxylation is 1. The lowest BCUT2D eigenvalue weighted by Crippen LogP contribution is -2.27. The third kappa shape index (κ3) is 3.40. The monoisotopic (exact) mass is 302 g/mol. The Bertz CT molecular complexity index is 695. The zero-order valence-electron chi connectivity index (χ0n) is 12.7.